The van der Waals surface area contributed by atoms with Crippen LogP contribution in [0.3, 0.4) is 0 Å². The minimum atomic E-state index is -0.0918. The van der Waals surface area contributed by atoms with Gasteiger partial charge in [0.05, 0.1) is 5.02 Å². The lowest BCUT2D eigenvalue weighted by Crippen LogP contribution is -2.36. The molecule has 19 heavy (non-hydrogen) atoms. The topological polar surface area (TPSA) is 64.3 Å². The molecule has 4 nitrogen and oxygen atoms in total. The SMILES string of the molecule is NCc1ccc(OCC(=O)NC2CCCC2)c(Cl)c1. The molecule has 5 heteroatoms. The first kappa shape index (κ1) is 14.2. The summed E-state index contributed by atoms with van der Waals surface area (Å²) < 4.78 is 5.42. The second-order valence-electron chi connectivity index (χ2n) is 4.81. The lowest BCUT2D eigenvalue weighted by Gasteiger charge is -2.13. The van der Waals surface area contributed by atoms with Crippen molar-refractivity contribution in [3.63, 3.8) is 0 Å². The normalized spacial score (nSPS) is 15.5. The van der Waals surface area contributed by atoms with E-state index in [2.05, 4.69) is 5.32 Å². The average Bonchev–Trinajstić information content (AvgIpc) is 2.90. The van der Waals surface area contributed by atoms with Gasteiger partial charge in [-0.3, -0.25) is 4.79 Å². The molecule has 2 rings (SSSR count). The number of benzene rings is 1. The number of amides is 1. The Morgan fingerprint density at radius 3 is 2.79 bits per heavy atom. The first-order valence-electron chi connectivity index (χ1n) is 6.59. The molecule has 1 aliphatic carbocycles. The molecular weight excluding hydrogens is 264 g/mol. The smallest absolute Gasteiger partial charge is 0.258 e. The van der Waals surface area contributed by atoms with Gasteiger partial charge < -0.3 is 15.8 Å². The monoisotopic (exact) mass is 282 g/mol. The number of nitrogens with two attached hydrogens (primary N) is 1. The van der Waals surface area contributed by atoms with E-state index in [1.807, 2.05) is 6.07 Å². The third kappa shape index (κ3) is 4.11. The van der Waals surface area contributed by atoms with E-state index < -0.39 is 0 Å². The van der Waals surface area contributed by atoms with E-state index in [0.29, 0.717) is 23.4 Å². The highest BCUT2D eigenvalue weighted by molar-refractivity contribution is 6.32. The Balaban J connectivity index is 1.82. The Morgan fingerprint density at radius 2 is 2.16 bits per heavy atom. The van der Waals surface area contributed by atoms with Crippen molar-refractivity contribution in [3.8, 4) is 5.75 Å². The van der Waals surface area contributed by atoms with Crippen LogP contribution in [0.2, 0.25) is 5.02 Å². The second-order valence-corrected chi connectivity index (χ2v) is 5.21. The fourth-order valence-electron chi connectivity index (χ4n) is 2.27. The van der Waals surface area contributed by atoms with Gasteiger partial charge in [-0.1, -0.05) is 30.5 Å². The minimum absolute atomic E-state index is 0.00179. The lowest BCUT2D eigenvalue weighted by atomic mass is 10.2. The Labute approximate surface area is 118 Å². The number of hydrogen-bond donors (Lipinski definition) is 2. The summed E-state index contributed by atoms with van der Waals surface area (Å²) in [5, 5.41) is 3.45. The Morgan fingerprint density at radius 1 is 1.42 bits per heavy atom. The van der Waals surface area contributed by atoms with Gasteiger partial charge >= 0.3 is 0 Å². The minimum Gasteiger partial charge on any atom is -0.482 e. The molecule has 0 atom stereocenters. The Bertz CT molecular complexity index is 445. The lowest BCUT2D eigenvalue weighted by molar-refractivity contribution is -0.123. The third-order valence-corrected chi connectivity index (χ3v) is 3.61. The van der Waals surface area contributed by atoms with Crippen molar-refractivity contribution in [2.24, 2.45) is 5.73 Å². The highest BCUT2D eigenvalue weighted by atomic mass is 35.5. The summed E-state index contributed by atoms with van der Waals surface area (Å²) in [7, 11) is 0. The van der Waals surface area contributed by atoms with Crippen molar-refractivity contribution >= 4 is 17.5 Å². The van der Waals surface area contributed by atoms with Gasteiger partial charge in [-0.2, -0.15) is 0 Å². The zero-order chi connectivity index (χ0) is 13.7. The van der Waals surface area contributed by atoms with Gasteiger partial charge in [0.1, 0.15) is 5.75 Å². The van der Waals surface area contributed by atoms with Crippen molar-refractivity contribution in [2.45, 2.75) is 38.3 Å². The van der Waals surface area contributed by atoms with Crippen molar-refractivity contribution in [2.75, 3.05) is 6.61 Å². The summed E-state index contributed by atoms with van der Waals surface area (Å²) in [6.07, 6.45) is 4.52. The zero-order valence-electron chi connectivity index (χ0n) is 10.8. The van der Waals surface area contributed by atoms with Crippen LogP contribution in [0.4, 0.5) is 0 Å². The maximum absolute atomic E-state index is 11.7. The molecule has 0 aromatic heterocycles. The van der Waals surface area contributed by atoms with Crippen LogP contribution in [0.1, 0.15) is 31.2 Å². The first-order chi connectivity index (χ1) is 9.19. The second kappa shape index (κ2) is 6.78. The summed E-state index contributed by atoms with van der Waals surface area (Å²) in [6.45, 7) is 0.431. The van der Waals surface area contributed by atoms with Crippen LogP contribution >= 0.6 is 11.6 Å². The molecule has 0 heterocycles. The summed E-state index contributed by atoms with van der Waals surface area (Å²) in [5.74, 6) is 0.423. The molecule has 0 aliphatic heterocycles. The summed E-state index contributed by atoms with van der Waals surface area (Å²) in [4.78, 5) is 11.7. The van der Waals surface area contributed by atoms with Gasteiger partial charge in [0.25, 0.3) is 5.91 Å². The Hall–Kier alpha value is -1.26. The summed E-state index contributed by atoms with van der Waals surface area (Å²) in [6, 6.07) is 5.65. The molecule has 0 radical (unpaired) electrons. The van der Waals surface area contributed by atoms with Crippen molar-refractivity contribution in [1.82, 2.24) is 5.32 Å². The predicted molar refractivity (Wildman–Crippen MR) is 75.2 cm³/mol. The van der Waals surface area contributed by atoms with E-state index in [1.165, 1.54) is 12.8 Å². The molecule has 0 saturated heterocycles. The van der Waals surface area contributed by atoms with Crippen LogP contribution in [0.25, 0.3) is 0 Å². The van der Waals surface area contributed by atoms with Gasteiger partial charge in [0.2, 0.25) is 0 Å². The van der Waals surface area contributed by atoms with E-state index in [0.717, 1.165) is 18.4 Å². The maximum Gasteiger partial charge on any atom is 0.258 e. The average molecular weight is 283 g/mol. The van der Waals surface area contributed by atoms with Gasteiger partial charge in [-0.15, -0.1) is 0 Å². The van der Waals surface area contributed by atoms with Crippen molar-refractivity contribution in [3.05, 3.63) is 28.8 Å². The van der Waals surface area contributed by atoms with Crippen LogP contribution in [0, 0.1) is 0 Å². The van der Waals surface area contributed by atoms with Gasteiger partial charge in [-0.05, 0) is 30.5 Å². The molecule has 1 amide bonds. The molecule has 1 aromatic rings. The fourth-order valence-corrected chi connectivity index (χ4v) is 2.53. The third-order valence-electron chi connectivity index (χ3n) is 3.31. The predicted octanol–water partition coefficient (Wildman–Crippen LogP) is 2.24. The highest BCUT2D eigenvalue weighted by Crippen LogP contribution is 2.25. The highest BCUT2D eigenvalue weighted by Gasteiger charge is 2.17. The summed E-state index contributed by atoms with van der Waals surface area (Å²) >= 11 is 6.05. The number of carbonyl (C=O) groups excluding carboxylic acids is 1. The largest absolute Gasteiger partial charge is 0.482 e. The number of hydrogen-bond acceptors (Lipinski definition) is 3. The number of nitrogens with one attached hydrogen (secondary N) is 1. The van der Waals surface area contributed by atoms with Gasteiger partial charge in [0.15, 0.2) is 6.61 Å². The Kier molecular flexibility index (Phi) is 5.05. The van der Waals surface area contributed by atoms with Crippen LogP contribution < -0.4 is 15.8 Å². The molecule has 0 unspecified atom stereocenters. The molecule has 1 aromatic carbocycles. The van der Waals surface area contributed by atoms with Gasteiger partial charge in [0, 0.05) is 12.6 Å². The number of ether oxygens (including phenoxy) is 1. The van der Waals surface area contributed by atoms with E-state index in [4.69, 9.17) is 22.1 Å². The van der Waals surface area contributed by atoms with Crippen LogP contribution in [0.5, 0.6) is 5.75 Å². The van der Waals surface area contributed by atoms with Crippen LogP contribution in [-0.2, 0) is 11.3 Å². The maximum atomic E-state index is 11.7. The molecule has 3 N–H and O–H groups in total. The molecule has 0 bridgehead atoms. The zero-order valence-corrected chi connectivity index (χ0v) is 11.6. The van der Waals surface area contributed by atoms with E-state index in [9.17, 15) is 4.79 Å². The quantitative estimate of drug-likeness (QED) is 0.870. The van der Waals surface area contributed by atoms with E-state index in [1.54, 1.807) is 12.1 Å². The standard InChI is InChI=1S/C14H19ClN2O2/c15-12-7-10(8-16)5-6-13(12)19-9-14(18)17-11-3-1-2-4-11/h5-7,11H,1-4,8-9,16H2,(H,17,18). The van der Waals surface area contributed by atoms with Crippen molar-refractivity contribution < 1.29 is 9.53 Å². The summed E-state index contributed by atoms with van der Waals surface area (Å²) in [5.41, 5.74) is 6.46. The van der Waals surface area contributed by atoms with Crippen molar-refractivity contribution in [1.29, 1.82) is 0 Å². The molecule has 0 spiro atoms. The van der Waals surface area contributed by atoms with Crippen LogP contribution in [0.15, 0.2) is 18.2 Å². The number of rotatable bonds is 5. The molecule has 1 aliphatic rings. The molecule has 104 valence electrons. The first-order valence-corrected chi connectivity index (χ1v) is 6.97. The van der Waals surface area contributed by atoms with Gasteiger partial charge in [-0.25, -0.2) is 0 Å². The molecular formula is C14H19ClN2O2. The fraction of sp³-hybridized carbons (Fsp3) is 0.500. The molecule has 1 fully saturated rings. The number of carbonyl (C=O) groups is 1. The molecule has 1 saturated carbocycles. The van der Waals surface area contributed by atoms with Crippen LogP contribution in [-0.4, -0.2) is 18.6 Å². The van der Waals surface area contributed by atoms with E-state index >= 15 is 0 Å². The number of halogens is 1. The van der Waals surface area contributed by atoms with E-state index in [-0.39, 0.29) is 12.5 Å².